The molecular formula is C25H26N2O5S. The van der Waals surface area contributed by atoms with E-state index < -0.39 is 24.5 Å². The van der Waals surface area contributed by atoms with Crippen LogP contribution in [0, 0.1) is 13.8 Å². The van der Waals surface area contributed by atoms with Crippen LogP contribution < -0.4 is 15.4 Å². The lowest BCUT2D eigenvalue weighted by Crippen LogP contribution is -2.33. The molecule has 1 heterocycles. The second-order valence-corrected chi connectivity index (χ2v) is 8.65. The maximum absolute atomic E-state index is 12.7. The van der Waals surface area contributed by atoms with Crippen molar-refractivity contribution in [1.29, 1.82) is 0 Å². The van der Waals surface area contributed by atoms with Crippen LogP contribution in [-0.2, 0) is 14.3 Å². The Balaban J connectivity index is 1.73. The highest BCUT2D eigenvalue weighted by molar-refractivity contribution is 7.16. The molecular weight excluding hydrogens is 440 g/mol. The Morgan fingerprint density at radius 2 is 1.61 bits per heavy atom. The molecule has 0 unspecified atom stereocenters. The molecule has 33 heavy (non-hydrogen) atoms. The van der Waals surface area contributed by atoms with E-state index in [9.17, 15) is 14.4 Å². The van der Waals surface area contributed by atoms with E-state index in [0.717, 1.165) is 21.6 Å². The van der Waals surface area contributed by atoms with Crippen LogP contribution in [-0.4, -0.2) is 31.5 Å². The highest BCUT2D eigenvalue weighted by Crippen LogP contribution is 2.33. The monoisotopic (exact) mass is 466 g/mol. The molecule has 0 fully saturated rings. The first-order chi connectivity index (χ1) is 15.8. The SMILES string of the molecule is COc1ccc([C@@H](NC(=O)COC(=O)c2c(NC(C)=O)sc(C)c2C)c2ccccc2)cc1. The second kappa shape index (κ2) is 10.8. The fourth-order valence-electron chi connectivity index (χ4n) is 3.33. The molecule has 0 bridgehead atoms. The zero-order chi connectivity index (χ0) is 24.0. The molecule has 0 saturated heterocycles. The van der Waals surface area contributed by atoms with E-state index >= 15 is 0 Å². The van der Waals surface area contributed by atoms with Gasteiger partial charge in [-0.05, 0) is 42.7 Å². The summed E-state index contributed by atoms with van der Waals surface area (Å²) in [7, 11) is 1.59. The van der Waals surface area contributed by atoms with Crippen LogP contribution in [0.4, 0.5) is 5.00 Å². The smallest absolute Gasteiger partial charge is 0.341 e. The number of benzene rings is 2. The third-order valence-electron chi connectivity index (χ3n) is 5.10. The summed E-state index contributed by atoms with van der Waals surface area (Å²) in [5.74, 6) is -0.675. The minimum absolute atomic E-state index is 0.273. The molecule has 8 heteroatoms. The Morgan fingerprint density at radius 1 is 0.970 bits per heavy atom. The summed E-state index contributed by atoms with van der Waals surface area (Å²) in [5, 5.41) is 6.01. The molecule has 2 aromatic carbocycles. The van der Waals surface area contributed by atoms with Gasteiger partial charge in [0.05, 0.1) is 18.7 Å². The van der Waals surface area contributed by atoms with Gasteiger partial charge < -0.3 is 20.1 Å². The largest absolute Gasteiger partial charge is 0.497 e. The van der Waals surface area contributed by atoms with E-state index in [1.165, 1.54) is 18.3 Å². The Kier molecular flexibility index (Phi) is 7.84. The number of hydrogen-bond acceptors (Lipinski definition) is 6. The van der Waals surface area contributed by atoms with Gasteiger partial charge in [0, 0.05) is 11.8 Å². The molecule has 2 amide bonds. The molecule has 0 spiro atoms. The average molecular weight is 467 g/mol. The highest BCUT2D eigenvalue weighted by atomic mass is 32.1. The molecule has 3 rings (SSSR count). The van der Waals surface area contributed by atoms with Crippen molar-refractivity contribution in [2.75, 3.05) is 19.0 Å². The number of hydrogen-bond donors (Lipinski definition) is 2. The van der Waals surface area contributed by atoms with Crippen molar-refractivity contribution in [3.63, 3.8) is 0 Å². The predicted octanol–water partition coefficient (Wildman–Crippen LogP) is 4.39. The lowest BCUT2D eigenvalue weighted by Gasteiger charge is -2.20. The molecule has 2 N–H and O–H groups in total. The number of carbonyl (C=O) groups excluding carboxylic acids is 3. The van der Waals surface area contributed by atoms with Crippen molar-refractivity contribution in [2.24, 2.45) is 0 Å². The fourth-order valence-corrected chi connectivity index (χ4v) is 4.42. The van der Waals surface area contributed by atoms with Gasteiger partial charge in [0.1, 0.15) is 10.8 Å². The molecule has 3 aromatic rings. The van der Waals surface area contributed by atoms with Gasteiger partial charge in [-0.1, -0.05) is 42.5 Å². The molecule has 0 aliphatic carbocycles. The van der Waals surface area contributed by atoms with E-state index in [1.54, 1.807) is 14.0 Å². The minimum atomic E-state index is -0.656. The van der Waals surface area contributed by atoms with Gasteiger partial charge in [-0.15, -0.1) is 11.3 Å². The number of anilines is 1. The number of rotatable bonds is 8. The molecule has 0 saturated carbocycles. The van der Waals surface area contributed by atoms with Crippen molar-refractivity contribution in [1.82, 2.24) is 5.32 Å². The number of nitrogens with one attached hydrogen (secondary N) is 2. The van der Waals surface area contributed by atoms with Crippen LogP contribution in [0.3, 0.4) is 0 Å². The lowest BCUT2D eigenvalue weighted by atomic mass is 9.98. The molecule has 1 aromatic heterocycles. The first kappa shape index (κ1) is 24.0. The summed E-state index contributed by atoms with van der Waals surface area (Å²) in [6.45, 7) is 4.55. The number of aryl methyl sites for hydroxylation is 1. The normalized spacial score (nSPS) is 11.4. The summed E-state index contributed by atoms with van der Waals surface area (Å²) < 4.78 is 10.5. The van der Waals surface area contributed by atoms with Crippen LogP contribution >= 0.6 is 11.3 Å². The Morgan fingerprint density at radius 3 is 2.21 bits per heavy atom. The van der Waals surface area contributed by atoms with Gasteiger partial charge in [0.25, 0.3) is 5.91 Å². The van der Waals surface area contributed by atoms with Gasteiger partial charge in [0.15, 0.2) is 6.61 Å². The van der Waals surface area contributed by atoms with Gasteiger partial charge in [0.2, 0.25) is 5.91 Å². The Hall–Kier alpha value is -3.65. The number of carbonyl (C=O) groups is 3. The second-order valence-electron chi connectivity index (χ2n) is 7.43. The fraction of sp³-hybridized carbons (Fsp3) is 0.240. The third-order valence-corrected chi connectivity index (χ3v) is 6.22. The third kappa shape index (κ3) is 5.98. The predicted molar refractivity (Wildman–Crippen MR) is 128 cm³/mol. The zero-order valence-corrected chi connectivity index (χ0v) is 19.7. The number of amides is 2. The minimum Gasteiger partial charge on any atom is -0.497 e. The molecule has 0 radical (unpaired) electrons. The lowest BCUT2D eigenvalue weighted by molar-refractivity contribution is -0.124. The van der Waals surface area contributed by atoms with Crippen LogP contribution in [0.2, 0.25) is 0 Å². The van der Waals surface area contributed by atoms with Crippen LogP contribution in [0.15, 0.2) is 54.6 Å². The summed E-state index contributed by atoms with van der Waals surface area (Å²) in [5.41, 5.74) is 2.74. The van der Waals surface area contributed by atoms with Crippen molar-refractivity contribution < 1.29 is 23.9 Å². The standard InChI is InChI=1S/C25H26N2O5S/c1-15-16(2)33-24(26-17(3)28)22(15)25(30)32-14-21(29)27-23(18-8-6-5-7-9-18)19-10-12-20(31-4)13-11-19/h5-13,23H,14H2,1-4H3,(H,26,28)(H,27,29)/t23-/m0/s1. The summed E-state index contributed by atoms with van der Waals surface area (Å²) >= 11 is 1.30. The first-order valence-electron chi connectivity index (χ1n) is 10.3. The number of ether oxygens (including phenoxy) is 2. The van der Waals surface area contributed by atoms with E-state index in [0.29, 0.717) is 10.8 Å². The topological polar surface area (TPSA) is 93.7 Å². The molecule has 1 atom stereocenters. The Labute approximate surface area is 196 Å². The van der Waals surface area contributed by atoms with E-state index in [2.05, 4.69) is 10.6 Å². The van der Waals surface area contributed by atoms with Crippen molar-refractivity contribution in [3.05, 3.63) is 81.7 Å². The van der Waals surface area contributed by atoms with Crippen LogP contribution in [0.5, 0.6) is 5.75 Å². The van der Waals surface area contributed by atoms with E-state index in [-0.39, 0.29) is 11.5 Å². The van der Waals surface area contributed by atoms with Crippen molar-refractivity contribution in [2.45, 2.75) is 26.8 Å². The maximum Gasteiger partial charge on any atom is 0.341 e. The Bertz CT molecular complexity index is 1140. The quantitative estimate of drug-likeness (QED) is 0.480. The summed E-state index contributed by atoms with van der Waals surface area (Å²) in [6.07, 6.45) is 0. The highest BCUT2D eigenvalue weighted by Gasteiger charge is 2.23. The zero-order valence-electron chi connectivity index (χ0n) is 18.9. The first-order valence-corrected chi connectivity index (χ1v) is 11.1. The van der Waals surface area contributed by atoms with E-state index in [1.807, 2.05) is 61.5 Å². The number of methoxy groups -OCH3 is 1. The number of thiophene rings is 1. The molecule has 0 aliphatic heterocycles. The number of esters is 1. The van der Waals surface area contributed by atoms with Crippen molar-refractivity contribution >= 4 is 34.1 Å². The van der Waals surface area contributed by atoms with Gasteiger partial charge in [-0.2, -0.15) is 0 Å². The van der Waals surface area contributed by atoms with Crippen LogP contribution in [0.25, 0.3) is 0 Å². The van der Waals surface area contributed by atoms with Gasteiger partial charge in [-0.3, -0.25) is 9.59 Å². The average Bonchev–Trinajstić information content (AvgIpc) is 3.08. The molecule has 172 valence electrons. The maximum atomic E-state index is 12.7. The van der Waals surface area contributed by atoms with Gasteiger partial charge in [-0.25, -0.2) is 4.79 Å². The van der Waals surface area contributed by atoms with Gasteiger partial charge >= 0.3 is 5.97 Å². The van der Waals surface area contributed by atoms with Crippen molar-refractivity contribution in [3.8, 4) is 5.75 Å². The molecule has 0 aliphatic rings. The summed E-state index contributed by atoms with van der Waals surface area (Å²) in [4.78, 5) is 37.8. The van der Waals surface area contributed by atoms with E-state index in [4.69, 9.17) is 9.47 Å². The summed E-state index contributed by atoms with van der Waals surface area (Å²) in [6, 6.07) is 16.5. The molecule has 7 nitrogen and oxygen atoms in total. The van der Waals surface area contributed by atoms with Crippen LogP contribution in [0.1, 0.15) is 44.9 Å².